The molecule has 0 fully saturated rings. The Kier molecular flexibility index (Phi) is 7.23. The second kappa shape index (κ2) is 9.46. The number of aromatic amines is 1. The van der Waals surface area contributed by atoms with Gasteiger partial charge in [0.25, 0.3) is 5.56 Å². The van der Waals surface area contributed by atoms with Gasteiger partial charge in [-0.25, -0.2) is 4.98 Å². The van der Waals surface area contributed by atoms with E-state index in [9.17, 15) is 4.79 Å². The number of hydrogen-bond donors (Lipinski definition) is 1. The van der Waals surface area contributed by atoms with Gasteiger partial charge in [0.2, 0.25) is 0 Å². The lowest BCUT2D eigenvalue weighted by Gasteiger charge is -2.11. The highest BCUT2D eigenvalue weighted by Crippen LogP contribution is 2.22. The van der Waals surface area contributed by atoms with Crippen molar-refractivity contribution in [1.82, 2.24) is 9.97 Å². The number of benzene rings is 1. The summed E-state index contributed by atoms with van der Waals surface area (Å²) in [6.07, 6.45) is 7.78. The van der Waals surface area contributed by atoms with Gasteiger partial charge in [-0.15, -0.1) is 0 Å². The van der Waals surface area contributed by atoms with Gasteiger partial charge in [0, 0.05) is 18.0 Å². The predicted octanol–water partition coefficient (Wildman–Crippen LogP) is 4.62. The second-order valence-corrected chi connectivity index (χ2v) is 6.69. The first-order valence-corrected chi connectivity index (χ1v) is 8.97. The van der Waals surface area contributed by atoms with Gasteiger partial charge in [-0.05, 0) is 24.3 Å². The number of nitrogens with one attached hydrogen (secondary N) is 1. The summed E-state index contributed by atoms with van der Waals surface area (Å²) in [5.74, 6) is 1.66. The standard InChI is InChI=1S/C18H24N2OS/c1-15(16-10-6-4-7-11-16)9-5-2-3-8-14-22-18-19-13-12-17(21)20-18/h4,6-7,10-13,15H,2-3,5,8-9,14H2,1H3,(H,19,20,21). The van der Waals surface area contributed by atoms with E-state index in [0.717, 1.165) is 10.9 Å². The highest BCUT2D eigenvalue weighted by Gasteiger charge is 2.04. The summed E-state index contributed by atoms with van der Waals surface area (Å²) in [5.41, 5.74) is 1.37. The Morgan fingerprint density at radius 3 is 2.64 bits per heavy atom. The van der Waals surface area contributed by atoms with Crippen LogP contribution in [-0.2, 0) is 0 Å². The van der Waals surface area contributed by atoms with Crippen LogP contribution in [-0.4, -0.2) is 15.7 Å². The summed E-state index contributed by atoms with van der Waals surface area (Å²) in [6.45, 7) is 2.31. The first kappa shape index (κ1) is 16.8. The van der Waals surface area contributed by atoms with Gasteiger partial charge < -0.3 is 4.98 Å². The Bertz CT molecular complexity index is 597. The Balaban J connectivity index is 1.53. The quantitative estimate of drug-likeness (QED) is 0.417. The molecule has 0 aliphatic heterocycles. The predicted molar refractivity (Wildman–Crippen MR) is 93.5 cm³/mol. The van der Waals surface area contributed by atoms with Crippen molar-refractivity contribution in [2.75, 3.05) is 5.75 Å². The molecular formula is C18H24N2OS. The molecule has 0 aliphatic carbocycles. The van der Waals surface area contributed by atoms with Gasteiger partial charge in [0.05, 0.1) is 0 Å². The fourth-order valence-corrected chi connectivity index (χ4v) is 3.30. The minimum Gasteiger partial charge on any atom is -0.301 e. The first-order valence-electron chi connectivity index (χ1n) is 7.99. The summed E-state index contributed by atoms with van der Waals surface area (Å²) >= 11 is 1.63. The molecule has 1 atom stereocenters. The highest BCUT2D eigenvalue weighted by atomic mass is 32.2. The molecule has 2 aromatic rings. The van der Waals surface area contributed by atoms with Crippen LogP contribution in [0.3, 0.4) is 0 Å². The molecule has 3 nitrogen and oxygen atoms in total. The van der Waals surface area contributed by atoms with Crippen LogP contribution in [0.5, 0.6) is 0 Å². The normalized spacial score (nSPS) is 12.2. The summed E-state index contributed by atoms with van der Waals surface area (Å²) in [4.78, 5) is 18.0. The summed E-state index contributed by atoms with van der Waals surface area (Å²) < 4.78 is 0. The van der Waals surface area contributed by atoms with E-state index in [1.807, 2.05) is 0 Å². The average molecular weight is 316 g/mol. The molecule has 118 valence electrons. The molecule has 0 aliphatic rings. The molecule has 1 aromatic carbocycles. The number of nitrogens with zero attached hydrogens (tertiary/aromatic N) is 1. The SMILES string of the molecule is CC(CCCCCCSc1nccc(=O)[nH]1)c1ccccc1. The van der Waals surface area contributed by atoms with E-state index in [1.54, 1.807) is 18.0 Å². The molecular weight excluding hydrogens is 292 g/mol. The van der Waals surface area contributed by atoms with Crippen molar-refractivity contribution in [2.45, 2.75) is 50.1 Å². The van der Waals surface area contributed by atoms with Gasteiger partial charge in [0.15, 0.2) is 5.16 Å². The van der Waals surface area contributed by atoms with Gasteiger partial charge in [0.1, 0.15) is 0 Å². The van der Waals surface area contributed by atoms with Crippen LogP contribution in [0.1, 0.15) is 50.5 Å². The van der Waals surface area contributed by atoms with Gasteiger partial charge >= 0.3 is 0 Å². The molecule has 4 heteroatoms. The van der Waals surface area contributed by atoms with Crippen molar-refractivity contribution in [3.05, 3.63) is 58.5 Å². The zero-order valence-corrected chi connectivity index (χ0v) is 13.9. The highest BCUT2D eigenvalue weighted by molar-refractivity contribution is 7.99. The van der Waals surface area contributed by atoms with Crippen LogP contribution in [0.15, 0.2) is 52.5 Å². The van der Waals surface area contributed by atoms with Crippen LogP contribution >= 0.6 is 11.8 Å². The Morgan fingerprint density at radius 1 is 1.09 bits per heavy atom. The first-order chi connectivity index (χ1) is 10.8. The van der Waals surface area contributed by atoms with E-state index < -0.39 is 0 Å². The number of H-pyrrole nitrogens is 1. The fourth-order valence-electron chi connectivity index (χ4n) is 2.45. The van der Waals surface area contributed by atoms with Gasteiger partial charge in [-0.1, -0.05) is 68.3 Å². The topological polar surface area (TPSA) is 45.8 Å². The van der Waals surface area contributed by atoms with Gasteiger partial charge in [-0.2, -0.15) is 0 Å². The molecule has 22 heavy (non-hydrogen) atoms. The Hall–Kier alpha value is -1.55. The van der Waals surface area contributed by atoms with Gasteiger partial charge in [-0.3, -0.25) is 4.79 Å². The van der Waals surface area contributed by atoms with E-state index in [2.05, 4.69) is 47.2 Å². The maximum absolute atomic E-state index is 11.1. The third kappa shape index (κ3) is 6.06. The molecule has 0 saturated carbocycles. The third-order valence-electron chi connectivity index (χ3n) is 3.79. The van der Waals surface area contributed by atoms with Crippen molar-refractivity contribution < 1.29 is 0 Å². The molecule has 0 bridgehead atoms. The molecule has 0 spiro atoms. The van der Waals surface area contributed by atoms with E-state index in [0.29, 0.717) is 5.92 Å². The third-order valence-corrected chi connectivity index (χ3v) is 4.76. The Labute approximate surface area is 136 Å². The van der Waals surface area contributed by atoms with Crippen LogP contribution in [0, 0.1) is 0 Å². The van der Waals surface area contributed by atoms with Crippen molar-refractivity contribution in [3.63, 3.8) is 0 Å². The second-order valence-electron chi connectivity index (χ2n) is 5.60. The molecule has 1 aromatic heterocycles. The minimum atomic E-state index is -0.0765. The van der Waals surface area contributed by atoms with E-state index >= 15 is 0 Å². The van der Waals surface area contributed by atoms with Crippen molar-refractivity contribution in [3.8, 4) is 0 Å². The van der Waals surface area contributed by atoms with Crippen LogP contribution in [0.2, 0.25) is 0 Å². The number of thioether (sulfide) groups is 1. The van der Waals surface area contributed by atoms with Crippen LogP contribution in [0.4, 0.5) is 0 Å². The molecule has 0 radical (unpaired) electrons. The van der Waals surface area contributed by atoms with Crippen LogP contribution < -0.4 is 5.56 Å². The number of rotatable bonds is 9. The average Bonchev–Trinajstić information content (AvgIpc) is 2.54. The molecule has 2 rings (SSSR count). The van der Waals surface area contributed by atoms with Crippen molar-refractivity contribution in [1.29, 1.82) is 0 Å². The molecule has 1 N–H and O–H groups in total. The monoisotopic (exact) mass is 316 g/mol. The summed E-state index contributed by atoms with van der Waals surface area (Å²) in [5, 5.41) is 0.727. The molecule has 1 heterocycles. The lowest BCUT2D eigenvalue weighted by Crippen LogP contribution is -2.05. The minimum absolute atomic E-state index is 0.0765. The zero-order valence-electron chi connectivity index (χ0n) is 13.1. The van der Waals surface area contributed by atoms with Crippen molar-refractivity contribution in [2.24, 2.45) is 0 Å². The van der Waals surface area contributed by atoms with E-state index in [4.69, 9.17) is 0 Å². The number of hydrogen-bond acceptors (Lipinski definition) is 3. The summed E-state index contributed by atoms with van der Waals surface area (Å²) in [7, 11) is 0. The number of unbranched alkanes of at least 4 members (excludes halogenated alkanes) is 3. The maximum Gasteiger partial charge on any atom is 0.251 e. The molecule has 0 saturated heterocycles. The smallest absolute Gasteiger partial charge is 0.251 e. The Morgan fingerprint density at radius 2 is 1.86 bits per heavy atom. The maximum atomic E-state index is 11.1. The summed E-state index contributed by atoms with van der Waals surface area (Å²) in [6, 6.07) is 12.2. The van der Waals surface area contributed by atoms with E-state index in [-0.39, 0.29) is 5.56 Å². The van der Waals surface area contributed by atoms with Crippen molar-refractivity contribution >= 4 is 11.8 Å². The largest absolute Gasteiger partial charge is 0.301 e. The molecule has 1 unspecified atom stereocenters. The van der Waals surface area contributed by atoms with E-state index in [1.165, 1.54) is 43.7 Å². The van der Waals surface area contributed by atoms with Crippen LogP contribution in [0.25, 0.3) is 0 Å². The zero-order chi connectivity index (χ0) is 15.6. The molecule has 0 amide bonds. The fraction of sp³-hybridized carbons (Fsp3) is 0.444. The number of aromatic nitrogens is 2. The lowest BCUT2D eigenvalue weighted by atomic mass is 9.95. The lowest BCUT2D eigenvalue weighted by molar-refractivity contribution is 0.581.